The molecule has 1 N–H and O–H groups in total. The van der Waals surface area contributed by atoms with Gasteiger partial charge in [-0.1, -0.05) is 30.7 Å². The molecule has 18 heavy (non-hydrogen) atoms. The molecule has 2 aromatic carbocycles. The Morgan fingerprint density at radius 3 is 2.50 bits per heavy atom. The number of aromatic hydroxyl groups is 1. The van der Waals surface area contributed by atoms with Gasteiger partial charge in [-0.2, -0.15) is 0 Å². The van der Waals surface area contributed by atoms with Crippen molar-refractivity contribution in [3.8, 4) is 5.75 Å². The number of hydrogen-bond acceptors (Lipinski definition) is 2. The Morgan fingerprint density at radius 2 is 1.89 bits per heavy atom. The van der Waals surface area contributed by atoms with Crippen LogP contribution in [0.5, 0.6) is 5.75 Å². The third-order valence-electron chi connectivity index (χ3n) is 2.68. The van der Waals surface area contributed by atoms with Crippen molar-refractivity contribution in [1.29, 1.82) is 0 Å². The second kappa shape index (κ2) is 5.69. The molecule has 0 saturated carbocycles. The summed E-state index contributed by atoms with van der Waals surface area (Å²) in [7, 11) is 0. The largest absolute Gasteiger partial charge is 0.506 e. The highest BCUT2D eigenvalue weighted by Gasteiger charge is 1.97. The molecule has 0 aromatic heterocycles. The number of halogens is 1. The van der Waals surface area contributed by atoms with Crippen LogP contribution in [0.1, 0.15) is 18.1 Å². The first-order valence-electron chi connectivity index (χ1n) is 5.80. The first-order valence-corrected chi connectivity index (χ1v) is 6.18. The fourth-order valence-electron chi connectivity index (χ4n) is 1.57. The Balaban J connectivity index is 2.16. The van der Waals surface area contributed by atoms with Gasteiger partial charge in [-0.15, -0.1) is 0 Å². The minimum absolute atomic E-state index is 0.0844. The van der Waals surface area contributed by atoms with Crippen molar-refractivity contribution in [2.75, 3.05) is 0 Å². The molecular weight excluding hydrogens is 246 g/mol. The van der Waals surface area contributed by atoms with Crippen LogP contribution in [0.4, 0.5) is 5.69 Å². The van der Waals surface area contributed by atoms with Gasteiger partial charge < -0.3 is 5.11 Å². The number of nitrogens with zero attached hydrogens (tertiary/aromatic N) is 1. The van der Waals surface area contributed by atoms with Crippen LogP contribution in [0.15, 0.2) is 47.5 Å². The summed E-state index contributed by atoms with van der Waals surface area (Å²) < 4.78 is 0. The van der Waals surface area contributed by atoms with E-state index in [0.717, 1.165) is 17.7 Å². The zero-order chi connectivity index (χ0) is 13.0. The van der Waals surface area contributed by atoms with Crippen molar-refractivity contribution in [3.05, 3.63) is 58.6 Å². The van der Waals surface area contributed by atoms with E-state index < -0.39 is 0 Å². The normalized spacial score (nSPS) is 11.0. The number of phenolic OH excluding ortho intramolecular Hbond substituents is 1. The molecule has 0 heterocycles. The molecule has 0 bridgehead atoms. The van der Waals surface area contributed by atoms with E-state index in [9.17, 15) is 5.11 Å². The van der Waals surface area contributed by atoms with Crippen LogP contribution in [0, 0.1) is 0 Å². The van der Waals surface area contributed by atoms with Gasteiger partial charge >= 0.3 is 0 Å². The molecule has 2 nitrogen and oxygen atoms in total. The van der Waals surface area contributed by atoms with Crippen molar-refractivity contribution < 1.29 is 5.11 Å². The third-order valence-corrected chi connectivity index (χ3v) is 2.98. The Labute approximate surface area is 112 Å². The first kappa shape index (κ1) is 12.7. The first-order chi connectivity index (χ1) is 8.69. The van der Waals surface area contributed by atoms with E-state index in [-0.39, 0.29) is 5.75 Å². The zero-order valence-electron chi connectivity index (χ0n) is 10.1. The highest BCUT2D eigenvalue weighted by atomic mass is 35.5. The van der Waals surface area contributed by atoms with E-state index in [1.807, 2.05) is 12.1 Å². The topological polar surface area (TPSA) is 32.6 Å². The molecule has 3 heteroatoms. The molecular formula is C15H14ClNO. The van der Waals surface area contributed by atoms with Crippen LogP contribution in [-0.2, 0) is 6.42 Å². The summed E-state index contributed by atoms with van der Waals surface area (Å²) in [5.41, 5.74) is 3.05. The van der Waals surface area contributed by atoms with Gasteiger partial charge in [-0.3, -0.25) is 4.99 Å². The molecule has 92 valence electrons. The fourth-order valence-corrected chi connectivity index (χ4v) is 1.76. The zero-order valence-corrected chi connectivity index (χ0v) is 10.9. The molecule has 0 atom stereocenters. The quantitative estimate of drug-likeness (QED) is 0.816. The van der Waals surface area contributed by atoms with Gasteiger partial charge in [-0.05, 0) is 47.9 Å². The molecule has 0 aliphatic heterocycles. The van der Waals surface area contributed by atoms with E-state index in [2.05, 4.69) is 24.0 Å². The number of aliphatic imine (C=N–C) groups is 1. The summed E-state index contributed by atoms with van der Waals surface area (Å²) in [5, 5.41) is 9.64. The predicted octanol–water partition coefficient (Wildman–Crippen LogP) is 4.36. The standard InChI is InChI=1S/C15H14ClNO/c1-2-11-3-6-13(7-4-11)17-10-12-5-8-15(18)14(16)9-12/h3-10,18H,2H2,1H3. The maximum Gasteiger partial charge on any atom is 0.134 e. The molecule has 0 radical (unpaired) electrons. The van der Waals surface area contributed by atoms with Gasteiger partial charge in [-0.25, -0.2) is 0 Å². The van der Waals surface area contributed by atoms with Crippen molar-refractivity contribution in [2.24, 2.45) is 4.99 Å². The molecule has 0 spiro atoms. The summed E-state index contributed by atoms with van der Waals surface area (Å²) in [5.74, 6) is 0.0844. The van der Waals surface area contributed by atoms with Gasteiger partial charge in [0.2, 0.25) is 0 Å². The number of aryl methyl sites for hydroxylation is 1. The van der Waals surface area contributed by atoms with Gasteiger partial charge in [0.1, 0.15) is 5.75 Å². The summed E-state index contributed by atoms with van der Waals surface area (Å²) in [6, 6.07) is 13.1. The van der Waals surface area contributed by atoms with E-state index >= 15 is 0 Å². The molecule has 0 aliphatic rings. The summed E-state index contributed by atoms with van der Waals surface area (Å²) >= 11 is 5.82. The fraction of sp³-hybridized carbons (Fsp3) is 0.133. The lowest BCUT2D eigenvalue weighted by atomic mass is 10.1. The Hall–Kier alpha value is -1.80. The average molecular weight is 260 g/mol. The lowest BCUT2D eigenvalue weighted by Gasteiger charge is -1.99. The highest BCUT2D eigenvalue weighted by molar-refractivity contribution is 6.32. The molecule has 0 fully saturated rings. The molecule has 2 rings (SSSR count). The lowest BCUT2D eigenvalue weighted by Crippen LogP contribution is -1.81. The summed E-state index contributed by atoms with van der Waals surface area (Å²) in [6.07, 6.45) is 2.75. The average Bonchev–Trinajstić information content (AvgIpc) is 2.41. The van der Waals surface area contributed by atoms with E-state index in [0.29, 0.717) is 5.02 Å². The van der Waals surface area contributed by atoms with Crippen LogP contribution in [-0.4, -0.2) is 11.3 Å². The monoisotopic (exact) mass is 259 g/mol. The second-order valence-corrected chi connectivity index (χ2v) is 4.40. The summed E-state index contributed by atoms with van der Waals surface area (Å²) in [6.45, 7) is 2.12. The second-order valence-electron chi connectivity index (χ2n) is 3.99. The summed E-state index contributed by atoms with van der Waals surface area (Å²) in [4.78, 5) is 4.36. The molecule has 2 aromatic rings. The third kappa shape index (κ3) is 3.11. The van der Waals surface area contributed by atoms with Crippen LogP contribution >= 0.6 is 11.6 Å². The van der Waals surface area contributed by atoms with Crippen LogP contribution in [0.25, 0.3) is 0 Å². The van der Waals surface area contributed by atoms with Crippen LogP contribution < -0.4 is 0 Å². The molecule has 0 aliphatic carbocycles. The molecule has 0 unspecified atom stereocenters. The number of phenols is 1. The van der Waals surface area contributed by atoms with Crippen molar-refractivity contribution in [3.63, 3.8) is 0 Å². The minimum Gasteiger partial charge on any atom is -0.506 e. The van der Waals surface area contributed by atoms with Crippen molar-refractivity contribution in [2.45, 2.75) is 13.3 Å². The molecule has 0 saturated heterocycles. The van der Waals surface area contributed by atoms with Crippen molar-refractivity contribution in [1.82, 2.24) is 0 Å². The van der Waals surface area contributed by atoms with Crippen LogP contribution in [0.3, 0.4) is 0 Å². The van der Waals surface area contributed by atoms with Gasteiger partial charge in [0.15, 0.2) is 0 Å². The van der Waals surface area contributed by atoms with Crippen LogP contribution in [0.2, 0.25) is 5.02 Å². The maximum atomic E-state index is 9.31. The minimum atomic E-state index is 0.0844. The van der Waals surface area contributed by atoms with Crippen molar-refractivity contribution >= 4 is 23.5 Å². The van der Waals surface area contributed by atoms with E-state index in [1.54, 1.807) is 24.4 Å². The number of hydrogen-bond donors (Lipinski definition) is 1. The number of benzene rings is 2. The predicted molar refractivity (Wildman–Crippen MR) is 76.2 cm³/mol. The Bertz CT molecular complexity index is 561. The van der Waals surface area contributed by atoms with Gasteiger partial charge in [0.05, 0.1) is 10.7 Å². The van der Waals surface area contributed by atoms with E-state index in [1.165, 1.54) is 5.56 Å². The van der Waals surface area contributed by atoms with Gasteiger partial charge in [0.25, 0.3) is 0 Å². The Morgan fingerprint density at radius 1 is 1.17 bits per heavy atom. The Kier molecular flexibility index (Phi) is 4.00. The molecule has 0 amide bonds. The lowest BCUT2D eigenvalue weighted by molar-refractivity contribution is 0.475. The highest BCUT2D eigenvalue weighted by Crippen LogP contribution is 2.23. The van der Waals surface area contributed by atoms with E-state index in [4.69, 9.17) is 11.6 Å². The van der Waals surface area contributed by atoms with Gasteiger partial charge in [0, 0.05) is 6.21 Å². The number of rotatable bonds is 3. The smallest absolute Gasteiger partial charge is 0.134 e. The maximum absolute atomic E-state index is 9.31. The SMILES string of the molecule is CCc1ccc(N=Cc2ccc(O)c(Cl)c2)cc1.